The van der Waals surface area contributed by atoms with Gasteiger partial charge in [-0.05, 0) is 38.3 Å². The van der Waals surface area contributed by atoms with E-state index in [1.54, 1.807) is 10.8 Å². The Labute approximate surface area is 283 Å². The van der Waals surface area contributed by atoms with Gasteiger partial charge >= 0.3 is 23.8 Å². The molecule has 1 aromatic carbocycles. The van der Waals surface area contributed by atoms with Gasteiger partial charge in [-0.1, -0.05) is 44.0 Å². The number of urea groups is 1. The number of nitrogens with one attached hydrogen (secondary N) is 2. The van der Waals surface area contributed by atoms with E-state index >= 15 is 0 Å². The predicted octanol–water partition coefficient (Wildman–Crippen LogP) is 4.76. The highest BCUT2D eigenvalue weighted by Gasteiger charge is 2.27. The van der Waals surface area contributed by atoms with Crippen LogP contribution in [0.25, 0.3) is 5.69 Å². The van der Waals surface area contributed by atoms with Crippen molar-refractivity contribution in [3.05, 3.63) is 60.8 Å². The molecule has 20 heteroatoms. The predicted molar refractivity (Wildman–Crippen MR) is 173 cm³/mol. The Morgan fingerprint density at radius 1 is 1.09 bits per heavy atom. The number of methoxy groups -OCH3 is 2. The van der Waals surface area contributed by atoms with Crippen LogP contribution < -0.4 is 25.3 Å². The first kappa shape index (κ1) is 37.2. The molecule has 4 aromatic rings. The highest BCUT2D eigenvalue weighted by molar-refractivity contribution is 7.90. The molecule has 0 aliphatic heterocycles. The van der Waals surface area contributed by atoms with Gasteiger partial charge in [0.15, 0.2) is 0 Å². The standard InChI is InChI=1S/C15H18Cl2N2O3.C12H13N5O6S2/c1-8(2)21-12-7-11(9(16)6-10(12)17)19-14(20)22-13(18-19)15(3,4)5;1-6-13-10(16-12(14-6)23-3)15-11(19)17-25(20,21)7-4-5-24-8(7)9(18)22-2/h6-8H,1-5H3;4-5H,1-3H3,(H2,13,14,15,16,17,19). The fraction of sp³-hybridized carbons (Fsp3) is 0.370. The van der Waals surface area contributed by atoms with Gasteiger partial charge in [-0.3, -0.25) is 5.32 Å². The van der Waals surface area contributed by atoms with Crippen LogP contribution in [0.3, 0.4) is 0 Å². The number of carbonyl (C=O) groups is 2. The first-order valence-corrected chi connectivity index (χ1v) is 16.5. The third-order valence-electron chi connectivity index (χ3n) is 5.43. The molecule has 0 saturated carbocycles. The van der Waals surface area contributed by atoms with Gasteiger partial charge < -0.3 is 18.6 Å². The minimum absolute atomic E-state index is 0.0449. The summed E-state index contributed by atoms with van der Waals surface area (Å²) < 4.78 is 47.6. The van der Waals surface area contributed by atoms with Gasteiger partial charge in [-0.15, -0.1) is 16.4 Å². The summed E-state index contributed by atoms with van der Waals surface area (Å²) in [5, 5.41) is 8.42. The van der Waals surface area contributed by atoms with Crippen molar-refractivity contribution >= 4 is 62.5 Å². The Bertz CT molecular complexity index is 1930. The zero-order chi connectivity index (χ0) is 35.3. The Morgan fingerprint density at radius 3 is 2.34 bits per heavy atom. The molecular weight excluding hydrogens is 701 g/mol. The second-order valence-corrected chi connectivity index (χ2v) is 14.0. The Morgan fingerprint density at radius 2 is 1.77 bits per heavy atom. The summed E-state index contributed by atoms with van der Waals surface area (Å²) in [4.78, 5) is 46.5. The largest absolute Gasteiger partial charge is 0.489 e. The molecule has 2 N–H and O–H groups in total. The molecule has 0 spiro atoms. The van der Waals surface area contributed by atoms with Crippen molar-refractivity contribution in [3.63, 3.8) is 0 Å². The van der Waals surface area contributed by atoms with E-state index in [2.05, 4.69) is 30.1 Å². The topological polar surface area (TPSA) is 207 Å². The van der Waals surface area contributed by atoms with Crippen LogP contribution in [-0.2, 0) is 20.2 Å². The number of amides is 2. The van der Waals surface area contributed by atoms with Gasteiger partial charge in [-0.25, -0.2) is 27.5 Å². The van der Waals surface area contributed by atoms with Crippen LogP contribution >= 0.6 is 34.5 Å². The summed E-state index contributed by atoms with van der Waals surface area (Å²) in [6.07, 6.45) is -0.0642. The number of ether oxygens (including phenoxy) is 3. The number of aryl methyl sites for hydroxylation is 1. The number of hydrogen-bond donors (Lipinski definition) is 2. The molecule has 3 aromatic heterocycles. The molecule has 0 unspecified atom stereocenters. The van der Waals surface area contributed by atoms with Gasteiger partial charge in [0.25, 0.3) is 10.0 Å². The molecule has 254 valence electrons. The molecule has 0 radical (unpaired) electrons. The molecule has 4 rings (SSSR count). The minimum Gasteiger partial charge on any atom is -0.489 e. The number of carbonyl (C=O) groups excluding carboxylic acids is 2. The van der Waals surface area contributed by atoms with E-state index in [0.717, 1.165) is 23.1 Å². The smallest absolute Gasteiger partial charge is 0.442 e. The van der Waals surface area contributed by atoms with Crippen molar-refractivity contribution in [2.45, 2.75) is 58.0 Å². The lowest BCUT2D eigenvalue weighted by atomic mass is 9.97. The number of anilines is 1. The SMILES string of the molecule is CC(C)Oc1cc(-n2nc(C(C)(C)C)oc2=O)c(Cl)cc1Cl.COC(=O)c1sccc1S(=O)(=O)NC(=O)Nc1nc(C)nc(OC)n1. The van der Waals surface area contributed by atoms with E-state index in [1.165, 1.54) is 31.5 Å². The molecule has 16 nitrogen and oxygen atoms in total. The molecule has 0 saturated heterocycles. The number of aromatic nitrogens is 5. The third kappa shape index (κ3) is 9.63. The highest BCUT2D eigenvalue weighted by Crippen LogP contribution is 2.33. The first-order valence-electron chi connectivity index (χ1n) is 13.4. The second kappa shape index (κ2) is 15.1. The summed E-state index contributed by atoms with van der Waals surface area (Å²) >= 11 is 13.2. The van der Waals surface area contributed by atoms with E-state index in [4.69, 9.17) is 37.1 Å². The van der Waals surface area contributed by atoms with Crippen LogP contribution in [0.15, 0.2) is 37.7 Å². The van der Waals surface area contributed by atoms with Crippen LogP contribution in [0.5, 0.6) is 11.8 Å². The molecule has 0 aliphatic rings. The van der Waals surface area contributed by atoms with Crippen LogP contribution in [-0.4, -0.2) is 65.5 Å². The monoisotopic (exact) mass is 731 g/mol. The van der Waals surface area contributed by atoms with Gasteiger partial charge in [0.2, 0.25) is 11.8 Å². The average Bonchev–Trinajstić information content (AvgIpc) is 3.61. The zero-order valence-corrected chi connectivity index (χ0v) is 29.5. The van der Waals surface area contributed by atoms with Crippen LogP contribution in [0.1, 0.15) is 56.0 Å². The summed E-state index contributed by atoms with van der Waals surface area (Å²) in [7, 11) is -1.86. The Balaban J connectivity index is 0.000000257. The van der Waals surface area contributed by atoms with Gasteiger partial charge in [-0.2, -0.15) is 19.6 Å². The fourth-order valence-corrected chi connectivity index (χ4v) is 6.17. The number of esters is 1. The number of rotatable bonds is 8. The van der Waals surface area contributed by atoms with Gasteiger partial charge in [0.05, 0.1) is 36.1 Å². The molecule has 0 bridgehead atoms. The van der Waals surface area contributed by atoms with Crippen molar-refractivity contribution in [2.24, 2.45) is 0 Å². The number of sulfonamides is 1. The van der Waals surface area contributed by atoms with Crippen molar-refractivity contribution < 1.29 is 36.6 Å². The maximum atomic E-state index is 12.3. The Kier molecular flexibility index (Phi) is 11.9. The van der Waals surface area contributed by atoms with Gasteiger partial charge in [0, 0.05) is 11.5 Å². The third-order valence-corrected chi connectivity index (χ3v) is 8.43. The second-order valence-electron chi connectivity index (χ2n) is 10.6. The van der Waals surface area contributed by atoms with Crippen LogP contribution in [0.2, 0.25) is 10.0 Å². The van der Waals surface area contributed by atoms with E-state index < -0.39 is 27.8 Å². The van der Waals surface area contributed by atoms with E-state index in [0.29, 0.717) is 22.4 Å². The lowest BCUT2D eigenvalue weighted by molar-refractivity contribution is 0.0602. The zero-order valence-electron chi connectivity index (χ0n) is 26.4. The molecule has 3 heterocycles. The minimum atomic E-state index is -4.30. The Hall–Kier alpha value is -4.26. The fourth-order valence-electron chi connectivity index (χ4n) is 3.42. The summed E-state index contributed by atoms with van der Waals surface area (Å²) in [5.74, 6) is -0.609. The average molecular weight is 733 g/mol. The maximum Gasteiger partial charge on any atom is 0.442 e. The number of hydrogen-bond acceptors (Lipinski definition) is 14. The number of thiophene rings is 1. The van der Waals surface area contributed by atoms with E-state index in [9.17, 15) is 22.8 Å². The summed E-state index contributed by atoms with van der Waals surface area (Å²) in [6, 6.07) is 3.13. The van der Waals surface area contributed by atoms with Crippen molar-refractivity contribution in [2.75, 3.05) is 19.5 Å². The van der Waals surface area contributed by atoms with Gasteiger partial charge in [0.1, 0.15) is 21.3 Å². The molecule has 0 atom stereocenters. The summed E-state index contributed by atoms with van der Waals surface area (Å²) in [6.45, 7) is 11.0. The van der Waals surface area contributed by atoms with Crippen LogP contribution in [0.4, 0.5) is 10.7 Å². The lowest BCUT2D eigenvalue weighted by Gasteiger charge is -2.13. The number of nitrogens with zero attached hydrogens (tertiary/aromatic N) is 5. The molecule has 47 heavy (non-hydrogen) atoms. The van der Waals surface area contributed by atoms with E-state index in [1.807, 2.05) is 34.6 Å². The van der Waals surface area contributed by atoms with Crippen molar-refractivity contribution in [3.8, 4) is 17.4 Å². The van der Waals surface area contributed by atoms with E-state index in [-0.39, 0.29) is 44.1 Å². The number of halogens is 2. The first-order chi connectivity index (χ1) is 21.9. The molecule has 0 aliphatic carbocycles. The molecule has 2 amide bonds. The maximum absolute atomic E-state index is 12.3. The highest BCUT2D eigenvalue weighted by atomic mass is 35.5. The van der Waals surface area contributed by atoms with Crippen LogP contribution in [0, 0.1) is 6.92 Å². The molecule has 0 fully saturated rings. The lowest BCUT2D eigenvalue weighted by Crippen LogP contribution is -2.35. The summed E-state index contributed by atoms with van der Waals surface area (Å²) in [5.41, 5.74) is -0.0217. The number of benzene rings is 1. The molecular formula is C27H31Cl2N7O9S2. The normalized spacial score (nSPS) is 11.4. The van der Waals surface area contributed by atoms with Crippen molar-refractivity contribution in [1.29, 1.82) is 0 Å². The van der Waals surface area contributed by atoms with Crippen molar-refractivity contribution in [1.82, 2.24) is 29.5 Å². The quantitative estimate of drug-likeness (QED) is 0.235.